The third-order valence-electron chi connectivity index (χ3n) is 4.60. The molecule has 1 aromatic rings. The second kappa shape index (κ2) is 4.30. The number of halogens is 2. The smallest absolute Gasteiger partial charge is 0.310 e. The Labute approximate surface area is 129 Å². The van der Waals surface area contributed by atoms with Crippen LogP contribution < -0.4 is 4.90 Å². The molecule has 4 atom stereocenters. The molecule has 0 saturated carbocycles. The fraction of sp³-hybridized carbons (Fsp3) is 0.333. The lowest BCUT2D eigenvalue weighted by Crippen LogP contribution is -2.39. The molecule has 1 aromatic carbocycles. The van der Waals surface area contributed by atoms with Crippen molar-refractivity contribution >= 4 is 29.2 Å². The molecule has 2 saturated heterocycles. The van der Waals surface area contributed by atoms with Crippen molar-refractivity contribution in [3.63, 3.8) is 0 Å². The van der Waals surface area contributed by atoms with Gasteiger partial charge in [-0.25, -0.2) is 4.39 Å². The molecule has 0 aromatic heterocycles. The van der Waals surface area contributed by atoms with Crippen LogP contribution >= 0.6 is 11.6 Å². The second-order valence-electron chi connectivity index (χ2n) is 5.76. The van der Waals surface area contributed by atoms with E-state index in [1.807, 2.05) is 0 Å². The van der Waals surface area contributed by atoms with Gasteiger partial charge >= 0.3 is 5.97 Å². The number of anilines is 1. The maximum atomic E-state index is 13.6. The number of nitrogens with zero attached hydrogens (tertiary/aromatic N) is 1. The Morgan fingerprint density at radius 3 is 2.95 bits per heavy atom. The predicted octanol–water partition coefficient (Wildman–Crippen LogP) is 1.85. The summed E-state index contributed by atoms with van der Waals surface area (Å²) in [6.45, 7) is 0.175. The number of fused-ring (bicyclic) bond motifs is 1. The molecule has 1 spiro atoms. The van der Waals surface area contributed by atoms with Crippen molar-refractivity contribution in [1.29, 1.82) is 0 Å². The average molecular weight is 324 g/mol. The summed E-state index contributed by atoms with van der Waals surface area (Å²) in [5, 5.41) is 9.34. The molecule has 22 heavy (non-hydrogen) atoms. The highest BCUT2D eigenvalue weighted by atomic mass is 35.5. The van der Waals surface area contributed by atoms with Crippen LogP contribution in [0, 0.1) is 17.7 Å². The Morgan fingerprint density at radius 1 is 1.50 bits per heavy atom. The minimum absolute atomic E-state index is 0.0331. The fourth-order valence-electron chi connectivity index (χ4n) is 3.65. The third kappa shape index (κ3) is 1.62. The fourth-order valence-corrected chi connectivity index (χ4v) is 3.77. The van der Waals surface area contributed by atoms with Gasteiger partial charge in [-0.1, -0.05) is 23.8 Å². The lowest BCUT2D eigenvalue weighted by atomic mass is 9.77. The zero-order valence-electron chi connectivity index (χ0n) is 11.2. The predicted molar refractivity (Wildman–Crippen MR) is 75.1 cm³/mol. The van der Waals surface area contributed by atoms with Gasteiger partial charge in [0.05, 0.1) is 23.6 Å². The number of hydrogen-bond acceptors (Lipinski definition) is 3. The van der Waals surface area contributed by atoms with Crippen molar-refractivity contribution in [2.45, 2.75) is 11.7 Å². The first kappa shape index (κ1) is 13.7. The monoisotopic (exact) mass is 323 g/mol. The van der Waals surface area contributed by atoms with E-state index in [0.717, 1.165) is 0 Å². The minimum Gasteiger partial charge on any atom is -0.481 e. The van der Waals surface area contributed by atoms with E-state index >= 15 is 0 Å². The highest BCUT2D eigenvalue weighted by molar-refractivity contribution is 6.30. The molecule has 2 fully saturated rings. The van der Waals surface area contributed by atoms with Crippen LogP contribution in [0.15, 0.2) is 30.4 Å². The molecule has 3 aliphatic heterocycles. The largest absolute Gasteiger partial charge is 0.481 e. The van der Waals surface area contributed by atoms with E-state index in [0.29, 0.717) is 5.69 Å². The molecule has 114 valence electrons. The molecule has 7 heteroatoms. The molecule has 4 rings (SSSR count). The Hall–Kier alpha value is -1.92. The van der Waals surface area contributed by atoms with Gasteiger partial charge in [0.15, 0.2) is 0 Å². The molecule has 0 radical (unpaired) electrons. The lowest BCUT2D eigenvalue weighted by Gasteiger charge is -2.21. The van der Waals surface area contributed by atoms with Crippen molar-refractivity contribution < 1.29 is 23.8 Å². The third-order valence-corrected chi connectivity index (χ3v) is 4.91. The number of aliphatic carboxylic acids is 1. The van der Waals surface area contributed by atoms with Gasteiger partial charge in [-0.05, 0) is 18.2 Å². The van der Waals surface area contributed by atoms with E-state index in [-0.39, 0.29) is 17.5 Å². The quantitative estimate of drug-likeness (QED) is 0.844. The van der Waals surface area contributed by atoms with Crippen LogP contribution in [0.3, 0.4) is 0 Å². The van der Waals surface area contributed by atoms with Gasteiger partial charge < -0.3 is 14.7 Å². The molecule has 1 amide bonds. The van der Waals surface area contributed by atoms with Crippen molar-refractivity contribution in [3.05, 3.63) is 41.2 Å². The number of rotatable bonds is 2. The molecular formula is C15H11ClFNO4. The molecule has 3 heterocycles. The Kier molecular flexibility index (Phi) is 2.68. The maximum absolute atomic E-state index is 13.6. The van der Waals surface area contributed by atoms with Crippen molar-refractivity contribution in [3.8, 4) is 0 Å². The second-order valence-corrected chi connectivity index (χ2v) is 6.17. The zero-order valence-corrected chi connectivity index (χ0v) is 12.0. The maximum Gasteiger partial charge on any atom is 0.310 e. The van der Waals surface area contributed by atoms with Gasteiger partial charge in [0, 0.05) is 5.69 Å². The first-order valence-corrected chi connectivity index (χ1v) is 7.17. The Balaban J connectivity index is 1.74. The van der Waals surface area contributed by atoms with Crippen molar-refractivity contribution in [2.75, 3.05) is 11.4 Å². The molecule has 5 nitrogen and oxygen atoms in total. The van der Waals surface area contributed by atoms with Gasteiger partial charge in [0.2, 0.25) is 5.91 Å². The van der Waals surface area contributed by atoms with Crippen LogP contribution in [0.2, 0.25) is 5.02 Å². The minimum atomic E-state index is -1.06. The highest BCUT2D eigenvalue weighted by Crippen LogP contribution is 2.52. The number of carboxylic acid groups (broad SMARTS) is 1. The van der Waals surface area contributed by atoms with Crippen LogP contribution in [0.4, 0.5) is 10.1 Å². The van der Waals surface area contributed by atoms with Gasteiger partial charge in [-0.3, -0.25) is 9.59 Å². The molecule has 3 aliphatic rings. The molecular weight excluding hydrogens is 313 g/mol. The van der Waals surface area contributed by atoms with E-state index in [9.17, 15) is 19.1 Å². The summed E-state index contributed by atoms with van der Waals surface area (Å²) in [4.78, 5) is 25.5. The van der Waals surface area contributed by atoms with Gasteiger partial charge in [0.25, 0.3) is 0 Å². The SMILES string of the molecule is O=C(O)[C@H]1[C@@H]2C=C[C@]3(CN(c4ccc(Cl)c(F)c4)C(=O)[C@@H]13)O2. The van der Waals surface area contributed by atoms with E-state index in [2.05, 4.69) is 0 Å². The van der Waals surface area contributed by atoms with E-state index in [4.69, 9.17) is 16.3 Å². The number of carboxylic acids is 1. The summed E-state index contributed by atoms with van der Waals surface area (Å²) in [5.41, 5.74) is -0.582. The first-order valence-electron chi connectivity index (χ1n) is 6.79. The lowest BCUT2D eigenvalue weighted by molar-refractivity contribution is -0.146. The standard InChI is InChI=1S/C15H11ClFNO4/c16-8-2-1-7(5-9(8)17)18-6-15-4-3-10(22-15)11(14(20)21)12(15)13(18)19/h1-5,10-12H,6H2,(H,20,21)/t10-,11-,12+,15+/m0/s1. The van der Waals surface area contributed by atoms with Crippen LogP contribution in [-0.4, -0.2) is 35.2 Å². The number of hydrogen-bond donors (Lipinski definition) is 1. The summed E-state index contributed by atoms with van der Waals surface area (Å²) in [5.74, 6) is -3.73. The number of amides is 1. The summed E-state index contributed by atoms with van der Waals surface area (Å²) < 4.78 is 19.4. The first-order chi connectivity index (χ1) is 10.4. The molecule has 2 bridgehead atoms. The summed E-state index contributed by atoms with van der Waals surface area (Å²) >= 11 is 5.65. The Morgan fingerprint density at radius 2 is 2.27 bits per heavy atom. The van der Waals surface area contributed by atoms with Crippen LogP contribution in [0.5, 0.6) is 0 Å². The van der Waals surface area contributed by atoms with Crippen molar-refractivity contribution in [2.24, 2.45) is 11.8 Å². The van der Waals surface area contributed by atoms with E-state index in [1.54, 1.807) is 12.2 Å². The van der Waals surface area contributed by atoms with E-state index in [1.165, 1.54) is 23.1 Å². The topological polar surface area (TPSA) is 66.8 Å². The van der Waals surface area contributed by atoms with Crippen molar-refractivity contribution in [1.82, 2.24) is 0 Å². The summed E-state index contributed by atoms with van der Waals surface area (Å²) in [6, 6.07) is 4.07. The normalized spacial score (nSPS) is 35.3. The molecule has 1 N–H and O–H groups in total. The average Bonchev–Trinajstić information content (AvgIpc) is 3.10. The summed E-state index contributed by atoms with van der Waals surface area (Å²) in [6.07, 6.45) is 2.87. The molecule has 0 unspecified atom stereocenters. The van der Waals surface area contributed by atoms with Gasteiger partial charge in [-0.2, -0.15) is 0 Å². The zero-order chi connectivity index (χ0) is 15.6. The van der Waals surface area contributed by atoms with E-state index < -0.39 is 35.3 Å². The number of benzene rings is 1. The van der Waals surface area contributed by atoms with Crippen LogP contribution in [-0.2, 0) is 14.3 Å². The van der Waals surface area contributed by atoms with Crippen LogP contribution in [0.1, 0.15) is 0 Å². The number of carbonyl (C=O) groups excluding carboxylic acids is 1. The van der Waals surface area contributed by atoms with Crippen LogP contribution in [0.25, 0.3) is 0 Å². The number of carbonyl (C=O) groups is 2. The van der Waals surface area contributed by atoms with Gasteiger partial charge in [-0.15, -0.1) is 0 Å². The highest BCUT2D eigenvalue weighted by Gasteiger charge is 2.67. The molecule has 0 aliphatic carbocycles. The number of ether oxygens (including phenoxy) is 1. The summed E-state index contributed by atoms with van der Waals surface area (Å²) in [7, 11) is 0. The Bertz CT molecular complexity index is 736. The van der Waals surface area contributed by atoms with Gasteiger partial charge in [0.1, 0.15) is 17.3 Å².